The van der Waals surface area contributed by atoms with Gasteiger partial charge in [0.2, 0.25) is 11.8 Å². The maximum Gasteiger partial charge on any atom is 0.242 e. The highest BCUT2D eigenvalue weighted by molar-refractivity contribution is 6.30. The van der Waals surface area contributed by atoms with E-state index in [1.807, 2.05) is 29.2 Å². The monoisotopic (exact) mass is 363 g/mol. The van der Waals surface area contributed by atoms with Crippen molar-refractivity contribution in [3.05, 3.63) is 34.9 Å². The second kappa shape index (κ2) is 8.68. The second-order valence-electron chi connectivity index (χ2n) is 6.91. The van der Waals surface area contributed by atoms with Gasteiger partial charge in [-0.3, -0.25) is 14.5 Å². The standard InChI is InChI=1S/C19H26ClN3O2/c20-17-7-5-16(6-8-17)14-21-10-12-22(13-11-21)19(25)15-23-9-3-1-2-4-18(23)24/h5-8H,1-4,9-15H2. The van der Waals surface area contributed by atoms with Gasteiger partial charge in [0.15, 0.2) is 0 Å². The molecule has 25 heavy (non-hydrogen) atoms. The highest BCUT2D eigenvalue weighted by Crippen LogP contribution is 2.14. The van der Waals surface area contributed by atoms with Crippen LogP contribution in [0.15, 0.2) is 24.3 Å². The SMILES string of the molecule is O=C(CN1CCCCCC1=O)N1CCN(Cc2ccc(Cl)cc2)CC1. The van der Waals surface area contributed by atoms with Gasteiger partial charge in [-0.2, -0.15) is 0 Å². The number of benzene rings is 1. The highest BCUT2D eigenvalue weighted by atomic mass is 35.5. The molecule has 0 atom stereocenters. The predicted octanol–water partition coefficient (Wildman–Crippen LogP) is 2.39. The minimum Gasteiger partial charge on any atom is -0.339 e. The van der Waals surface area contributed by atoms with Crippen molar-refractivity contribution in [2.24, 2.45) is 0 Å². The van der Waals surface area contributed by atoms with Crippen molar-refractivity contribution in [2.75, 3.05) is 39.3 Å². The van der Waals surface area contributed by atoms with E-state index in [0.717, 1.165) is 63.6 Å². The molecule has 0 spiro atoms. The molecule has 0 N–H and O–H groups in total. The molecule has 2 amide bonds. The summed E-state index contributed by atoms with van der Waals surface area (Å²) in [7, 11) is 0. The van der Waals surface area contributed by atoms with E-state index in [2.05, 4.69) is 4.90 Å². The number of halogens is 1. The van der Waals surface area contributed by atoms with Crippen molar-refractivity contribution in [3.63, 3.8) is 0 Å². The van der Waals surface area contributed by atoms with Crippen molar-refractivity contribution in [1.29, 1.82) is 0 Å². The van der Waals surface area contributed by atoms with Crippen LogP contribution in [0.1, 0.15) is 31.2 Å². The van der Waals surface area contributed by atoms with E-state index in [1.54, 1.807) is 4.90 Å². The largest absolute Gasteiger partial charge is 0.339 e. The van der Waals surface area contributed by atoms with Crippen LogP contribution >= 0.6 is 11.6 Å². The summed E-state index contributed by atoms with van der Waals surface area (Å²) in [5.74, 6) is 0.216. The summed E-state index contributed by atoms with van der Waals surface area (Å²) < 4.78 is 0. The fourth-order valence-corrected chi connectivity index (χ4v) is 3.60. The van der Waals surface area contributed by atoms with E-state index in [0.29, 0.717) is 6.42 Å². The Kier molecular flexibility index (Phi) is 6.32. The molecule has 2 saturated heterocycles. The van der Waals surface area contributed by atoms with Gasteiger partial charge >= 0.3 is 0 Å². The average molecular weight is 364 g/mol. The van der Waals surface area contributed by atoms with Crippen molar-refractivity contribution in [3.8, 4) is 0 Å². The number of amides is 2. The predicted molar refractivity (Wildman–Crippen MR) is 98.4 cm³/mol. The maximum absolute atomic E-state index is 12.5. The molecule has 3 rings (SSSR count). The van der Waals surface area contributed by atoms with E-state index >= 15 is 0 Å². The van der Waals surface area contributed by atoms with Crippen molar-refractivity contribution in [2.45, 2.75) is 32.2 Å². The van der Waals surface area contributed by atoms with Gasteiger partial charge in [-0.25, -0.2) is 0 Å². The third-order valence-electron chi connectivity index (χ3n) is 5.04. The number of rotatable bonds is 4. The molecule has 2 heterocycles. The Bertz CT molecular complexity index is 597. The number of carbonyl (C=O) groups is 2. The zero-order valence-electron chi connectivity index (χ0n) is 14.6. The third kappa shape index (κ3) is 5.19. The van der Waals surface area contributed by atoms with Crippen LogP contribution in [0, 0.1) is 0 Å². The first-order valence-corrected chi connectivity index (χ1v) is 9.52. The number of hydrogen-bond donors (Lipinski definition) is 0. The Balaban J connectivity index is 1.45. The van der Waals surface area contributed by atoms with Crippen molar-refractivity contribution in [1.82, 2.24) is 14.7 Å². The quantitative estimate of drug-likeness (QED) is 0.825. The molecule has 6 heteroatoms. The Labute approximate surface area is 154 Å². The lowest BCUT2D eigenvalue weighted by Crippen LogP contribution is -2.51. The minimum absolute atomic E-state index is 0.0846. The van der Waals surface area contributed by atoms with Gasteiger partial charge in [-0.1, -0.05) is 30.2 Å². The Morgan fingerprint density at radius 2 is 1.68 bits per heavy atom. The van der Waals surface area contributed by atoms with Crippen LogP contribution < -0.4 is 0 Å². The molecular formula is C19H26ClN3O2. The highest BCUT2D eigenvalue weighted by Gasteiger charge is 2.25. The van der Waals surface area contributed by atoms with Gasteiger partial charge in [-0.05, 0) is 30.5 Å². The molecule has 1 aromatic rings. The lowest BCUT2D eigenvalue weighted by Gasteiger charge is -2.35. The normalized spacial score (nSPS) is 19.8. The molecule has 2 aliphatic heterocycles. The number of hydrogen-bond acceptors (Lipinski definition) is 3. The molecule has 0 aliphatic carbocycles. The Morgan fingerprint density at radius 1 is 0.960 bits per heavy atom. The maximum atomic E-state index is 12.5. The average Bonchev–Trinajstić information content (AvgIpc) is 2.82. The molecule has 0 unspecified atom stereocenters. The fraction of sp³-hybridized carbons (Fsp3) is 0.579. The molecule has 0 bridgehead atoms. The number of likely N-dealkylation sites (tertiary alicyclic amines) is 1. The van der Waals surface area contributed by atoms with E-state index in [1.165, 1.54) is 5.56 Å². The molecule has 5 nitrogen and oxygen atoms in total. The first-order chi connectivity index (χ1) is 12.1. The lowest BCUT2D eigenvalue weighted by atomic mass is 10.2. The van der Waals surface area contributed by atoms with Crippen LogP contribution in [-0.4, -0.2) is 65.8 Å². The molecule has 136 valence electrons. The summed E-state index contributed by atoms with van der Waals surface area (Å²) in [6.45, 7) is 5.04. The fourth-order valence-electron chi connectivity index (χ4n) is 3.47. The molecular weight excluding hydrogens is 338 g/mol. The smallest absolute Gasteiger partial charge is 0.242 e. The topological polar surface area (TPSA) is 43.9 Å². The molecule has 1 aromatic carbocycles. The summed E-state index contributed by atoms with van der Waals surface area (Å²) >= 11 is 5.92. The van der Waals surface area contributed by atoms with Gasteiger partial charge in [0.05, 0.1) is 6.54 Å². The van der Waals surface area contributed by atoms with Gasteiger partial charge in [0.25, 0.3) is 0 Å². The van der Waals surface area contributed by atoms with Crippen LogP contribution in [0.25, 0.3) is 0 Å². The van der Waals surface area contributed by atoms with E-state index in [9.17, 15) is 9.59 Å². The number of carbonyl (C=O) groups excluding carboxylic acids is 2. The first kappa shape index (κ1) is 18.2. The zero-order chi connectivity index (χ0) is 17.6. The summed E-state index contributed by atoms with van der Waals surface area (Å²) in [5.41, 5.74) is 1.24. The third-order valence-corrected chi connectivity index (χ3v) is 5.29. The van der Waals surface area contributed by atoms with Crippen molar-refractivity contribution >= 4 is 23.4 Å². The van der Waals surface area contributed by atoms with E-state index in [-0.39, 0.29) is 18.4 Å². The second-order valence-corrected chi connectivity index (χ2v) is 7.35. The summed E-state index contributed by atoms with van der Waals surface area (Å²) in [5, 5.41) is 0.752. The first-order valence-electron chi connectivity index (χ1n) is 9.14. The van der Waals surface area contributed by atoms with Crippen LogP contribution in [0.3, 0.4) is 0 Å². The van der Waals surface area contributed by atoms with Gasteiger partial charge in [-0.15, -0.1) is 0 Å². The molecule has 2 fully saturated rings. The molecule has 0 aromatic heterocycles. The van der Waals surface area contributed by atoms with Crippen LogP contribution in [0.5, 0.6) is 0 Å². The van der Waals surface area contributed by atoms with Gasteiger partial charge in [0, 0.05) is 50.7 Å². The number of piperazine rings is 1. The summed E-state index contributed by atoms with van der Waals surface area (Å²) in [4.78, 5) is 30.6. The van der Waals surface area contributed by atoms with E-state index in [4.69, 9.17) is 11.6 Å². The number of nitrogens with zero attached hydrogens (tertiary/aromatic N) is 3. The zero-order valence-corrected chi connectivity index (χ0v) is 15.4. The summed E-state index contributed by atoms with van der Waals surface area (Å²) in [6.07, 6.45) is 3.63. The molecule has 0 radical (unpaired) electrons. The van der Waals surface area contributed by atoms with Gasteiger partial charge in [0.1, 0.15) is 0 Å². The summed E-state index contributed by atoms with van der Waals surface area (Å²) in [6, 6.07) is 7.92. The molecule has 0 saturated carbocycles. The van der Waals surface area contributed by atoms with Crippen LogP contribution in [0.4, 0.5) is 0 Å². The molecule has 2 aliphatic rings. The Morgan fingerprint density at radius 3 is 2.40 bits per heavy atom. The Hall–Kier alpha value is -1.59. The van der Waals surface area contributed by atoms with Crippen molar-refractivity contribution < 1.29 is 9.59 Å². The lowest BCUT2D eigenvalue weighted by molar-refractivity contribution is -0.141. The van der Waals surface area contributed by atoms with Crippen LogP contribution in [0.2, 0.25) is 5.02 Å². The minimum atomic E-state index is 0.0846. The van der Waals surface area contributed by atoms with E-state index < -0.39 is 0 Å². The van der Waals surface area contributed by atoms with Gasteiger partial charge < -0.3 is 9.80 Å². The van der Waals surface area contributed by atoms with Crippen LogP contribution in [-0.2, 0) is 16.1 Å².